The van der Waals surface area contributed by atoms with Crippen molar-refractivity contribution in [3.63, 3.8) is 0 Å². The number of hydrogen-bond acceptors (Lipinski definition) is 2. The van der Waals surface area contributed by atoms with E-state index >= 15 is 0 Å². The van der Waals surface area contributed by atoms with Gasteiger partial charge in [-0.15, -0.1) is 0 Å². The molecule has 1 saturated carbocycles. The maximum absolute atomic E-state index is 13.2. The van der Waals surface area contributed by atoms with Crippen molar-refractivity contribution in [3.05, 3.63) is 51.7 Å². The predicted octanol–water partition coefficient (Wildman–Crippen LogP) is 3.77. The van der Waals surface area contributed by atoms with Crippen molar-refractivity contribution in [2.45, 2.75) is 51.2 Å². The van der Waals surface area contributed by atoms with Crippen LogP contribution in [0.5, 0.6) is 0 Å². The molecule has 1 fully saturated rings. The molecule has 2 aromatic rings. The van der Waals surface area contributed by atoms with Gasteiger partial charge in [-0.2, -0.15) is 18.3 Å². The van der Waals surface area contributed by atoms with Crippen LogP contribution in [0.1, 0.15) is 49.1 Å². The van der Waals surface area contributed by atoms with Crippen LogP contribution in [-0.2, 0) is 26.2 Å². The van der Waals surface area contributed by atoms with E-state index < -0.39 is 11.7 Å². The van der Waals surface area contributed by atoms with E-state index in [9.17, 15) is 18.0 Å². The van der Waals surface area contributed by atoms with Crippen LogP contribution < -0.4 is 5.69 Å². The summed E-state index contributed by atoms with van der Waals surface area (Å²) in [6.45, 7) is 0.538. The third kappa shape index (κ3) is 3.96. The van der Waals surface area contributed by atoms with E-state index in [-0.39, 0.29) is 17.7 Å². The van der Waals surface area contributed by atoms with Gasteiger partial charge in [0, 0.05) is 20.0 Å². The van der Waals surface area contributed by atoms with Gasteiger partial charge in [0.05, 0.1) is 5.56 Å². The van der Waals surface area contributed by atoms with E-state index in [4.69, 9.17) is 0 Å². The second kappa shape index (κ2) is 7.06. The molecule has 0 aliphatic heterocycles. The average Bonchev–Trinajstić information content (AvgIpc) is 2.83. The monoisotopic (exact) mass is 353 g/mol. The van der Waals surface area contributed by atoms with E-state index in [1.807, 2.05) is 0 Å². The summed E-state index contributed by atoms with van der Waals surface area (Å²) in [5.41, 5.74) is -0.784. The minimum Gasteiger partial charge on any atom is -0.278 e. The van der Waals surface area contributed by atoms with Crippen molar-refractivity contribution in [1.82, 2.24) is 14.3 Å². The highest BCUT2D eigenvalue weighted by Gasteiger charge is 2.33. The molecule has 0 atom stereocenters. The Balaban J connectivity index is 1.91. The number of hydrogen-bond donors (Lipinski definition) is 0. The van der Waals surface area contributed by atoms with Crippen LogP contribution in [0.25, 0.3) is 0 Å². The number of alkyl halides is 3. The summed E-state index contributed by atoms with van der Waals surface area (Å²) in [7, 11) is 1.54. The molecule has 0 amide bonds. The summed E-state index contributed by atoms with van der Waals surface area (Å²) in [6.07, 6.45) is 1.19. The minimum atomic E-state index is -4.42. The van der Waals surface area contributed by atoms with E-state index in [1.54, 1.807) is 17.7 Å². The van der Waals surface area contributed by atoms with Crippen LogP contribution in [0.4, 0.5) is 13.2 Å². The number of nitrogens with zero attached hydrogens (tertiary/aromatic N) is 3. The van der Waals surface area contributed by atoms with Gasteiger partial charge in [0.2, 0.25) is 0 Å². The molecule has 0 bridgehead atoms. The van der Waals surface area contributed by atoms with Gasteiger partial charge < -0.3 is 0 Å². The molecule has 0 N–H and O–H groups in total. The smallest absolute Gasteiger partial charge is 0.278 e. The fourth-order valence-electron chi connectivity index (χ4n) is 3.62. The zero-order chi connectivity index (χ0) is 18.0. The Morgan fingerprint density at radius 2 is 1.84 bits per heavy atom. The molecule has 25 heavy (non-hydrogen) atoms. The second-order valence-corrected chi connectivity index (χ2v) is 6.77. The molecule has 136 valence electrons. The summed E-state index contributed by atoms with van der Waals surface area (Å²) in [6, 6.07) is 5.48. The zero-order valence-electron chi connectivity index (χ0n) is 14.2. The standard InChI is InChI=1S/C18H22F3N3O/c1-23-17(25)24(12-13-7-3-2-4-8-13)16(22-23)11-14-9-5-6-10-15(14)18(19,20)21/h5-6,9-10,13H,2-4,7-8,11-12H2,1H3. The first-order valence-electron chi connectivity index (χ1n) is 8.64. The zero-order valence-corrected chi connectivity index (χ0v) is 14.2. The highest BCUT2D eigenvalue weighted by molar-refractivity contribution is 5.31. The van der Waals surface area contributed by atoms with Gasteiger partial charge in [-0.3, -0.25) is 4.57 Å². The highest BCUT2D eigenvalue weighted by atomic mass is 19.4. The van der Waals surface area contributed by atoms with Gasteiger partial charge in [-0.1, -0.05) is 37.5 Å². The molecule has 0 saturated heterocycles. The quantitative estimate of drug-likeness (QED) is 0.839. The first-order valence-corrected chi connectivity index (χ1v) is 8.64. The predicted molar refractivity (Wildman–Crippen MR) is 88.3 cm³/mol. The Morgan fingerprint density at radius 3 is 2.52 bits per heavy atom. The van der Waals surface area contributed by atoms with Crippen molar-refractivity contribution >= 4 is 0 Å². The lowest BCUT2D eigenvalue weighted by atomic mass is 9.89. The topological polar surface area (TPSA) is 39.8 Å². The Hall–Kier alpha value is -2.05. The molecule has 1 heterocycles. The van der Waals surface area contributed by atoms with E-state index in [0.717, 1.165) is 31.7 Å². The fraction of sp³-hybridized carbons (Fsp3) is 0.556. The van der Waals surface area contributed by atoms with Gasteiger partial charge in [0.25, 0.3) is 0 Å². The Labute approximate surface area is 144 Å². The third-order valence-electron chi connectivity index (χ3n) is 4.92. The van der Waals surface area contributed by atoms with E-state index in [2.05, 4.69) is 5.10 Å². The molecular formula is C18H22F3N3O. The molecule has 1 aromatic carbocycles. The lowest BCUT2D eigenvalue weighted by Crippen LogP contribution is -2.27. The molecule has 0 radical (unpaired) electrons. The highest BCUT2D eigenvalue weighted by Crippen LogP contribution is 2.32. The molecule has 1 aliphatic rings. The first-order chi connectivity index (χ1) is 11.9. The molecule has 0 spiro atoms. The number of rotatable bonds is 4. The minimum absolute atomic E-state index is 0.00150. The van der Waals surface area contributed by atoms with Crippen LogP contribution in [-0.4, -0.2) is 14.3 Å². The number of benzene rings is 1. The number of halogens is 3. The number of aryl methyl sites for hydroxylation is 1. The first kappa shape index (κ1) is 17.8. The Morgan fingerprint density at radius 1 is 1.16 bits per heavy atom. The van der Waals surface area contributed by atoms with Crippen LogP contribution in [0, 0.1) is 5.92 Å². The van der Waals surface area contributed by atoms with Crippen LogP contribution in [0.15, 0.2) is 29.1 Å². The van der Waals surface area contributed by atoms with Gasteiger partial charge in [-0.25, -0.2) is 9.48 Å². The van der Waals surface area contributed by atoms with Crippen LogP contribution >= 0.6 is 0 Å². The third-order valence-corrected chi connectivity index (χ3v) is 4.92. The van der Waals surface area contributed by atoms with Crippen molar-refractivity contribution < 1.29 is 13.2 Å². The van der Waals surface area contributed by atoms with E-state index in [1.165, 1.54) is 23.2 Å². The molecule has 1 aromatic heterocycles. The summed E-state index contributed by atoms with van der Waals surface area (Å²) in [5, 5.41) is 4.19. The van der Waals surface area contributed by atoms with Gasteiger partial charge in [0.15, 0.2) is 0 Å². The SMILES string of the molecule is Cn1nc(Cc2ccccc2C(F)(F)F)n(CC2CCCCC2)c1=O. The van der Waals surface area contributed by atoms with Crippen LogP contribution in [0.3, 0.4) is 0 Å². The van der Waals surface area contributed by atoms with Gasteiger partial charge in [0.1, 0.15) is 5.82 Å². The molecule has 1 aliphatic carbocycles. The van der Waals surface area contributed by atoms with E-state index in [0.29, 0.717) is 18.3 Å². The molecular weight excluding hydrogens is 331 g/mol. The molecule has 4 nitrogen and oxygen atoms in total. The maximum atomic E-state index is 13.2. The van der Waals surface area contributed by atoms with Gasteiger partial charge in [-0.05, 0) is 30.4 Å². The van der Waals surface area contributed by atoms with Crippen molar-refractivity contribution in [2.75, 3.05) is 0 Å². The average molecular weight is 353 g/mol. The second-order valence-electron chi connectivity index (χ2n) is 6.77. The van der Waals surface area contributed by atoms with Crippen LogP contribution in [0.2, 0.25) is 0 Å². The number of aromatic nitrogens is 3. The normalized spacial score (nSPS) is 16.3. The Kier molecular flexibility index (Phi) is 5.01. The van der Waals surface area contributed by atoms with Crippen molar-refractivity contribution in [2.24, 2.45) is 13.0 Å². The largest absolute Gasteiger partial charge is 0.416 e. The lowest BCUT2D eigenvalue weighted by molar-refractivity contribution is -0.138. The fourth-order valence-corrected chi connectivity index (χ4v) is 3.62. The summed E-state index contributed by atoms with van der Waals surface area (Å²) in [5.74, 6) is 0.794. The Bertz CT molecular complexity index is 786. The maximum Gasteiger partial charge on any atom is 0.416 e. The molecule has 3 rings (SSSR count). The molecule has 0 unspecified atom stereocenters. The molecule has 7 heteroatoms. The van der Waals surface area contributed by atoms with Crippen molar-refractivity contribution in [3.8, 4) is 0 Å². The van der Waals surface area contributed by atoms with Gasteiger partial charge >= 0.3 is 11.9 Å². The summed E-state index contributed by atoms with van der Waals surface area (Å²) < 4.78 is 42.4. The van der Waals surface area contributed by atoms with Crippen molar-refractivity contribution in [1.29, 1.82) is 0 Å². The summed E-state index contributed by atoms with van der Waals surface area (Å²) >= 11 is 0. The lowest BCUT2D eigenvalue weighted by Gasteiger charge is -2.22. The summed E-state index contributed by atoms with van der Waals surface area (Å²) in [4.78, 5) is 12.4.